The van der Waals surface area contributed by atoms with Gasteiger partial charge in [-0.1, -0.05) is 30.0 Å². The van der Waals surface area contributed by atoms with Crippen LogP contribution in [0.3, 0.4) is 0 Å². The zero-order chi connectivity index (χ0) is 19.6. The lowest BCUT2D eigenvalue weighted by molar-refractivity contribution is -0.130. The number of oxazole rings is 1. The lowest BCUT2D eigenvalue weighted by atomic mass is 10.3. The van der Waals surface area contributed by atoms with Gasteiger partial charge in [-0.05, 0) is 24.3 Å². The van der Waals surface area contributed by atoms with Gasteiger partial charge in [-0.3, -0.25) is 9.69 Å². The zero-order valence-corrected chi connectivity index (χ0v) is 16.7. The smallest absolute Gasteiger partial charge is 0.257 e. The maximum Gasteiger partial charge on any atom is 0.257 e. The van der Waals surface area contributed by atoms with Crippen molar-refractivity contribution in [1.82, 2.24) is 24.2 Å². The number of pyridine rings is 1. The SMILES string of the molecule is O=C(CSc1nc2ccccc2o1)N1CCN(Cc2cnc3ccccn23)CC1. The first-order chi connectivity index (χ1) is 14.3. The molecule has 8 heteroatoms. The number of amides is 1. The van der Waals surface area contributed by atoms with Crippen molar-refractivity contribution in [2.75, 3.05) is 31.9 Å². The Labute approximate surface area is 172 Å². The van der Waals surface area contributed by atoms with Crippen LogP contribution < -0.4 is 0 Å². The number of benzene rings is 1. The molecule has 0 radical (unpaired) electrons. The molecule has 1 fully saturated rings. The number of carbonyl (C=O) groups excluding carboxylic acids is 1. The van der Waals surface area contributed by atoms with E-state index in [1.807, 2.05) is 59.8 Å². The molecular formula is C21H21N5O2S. The molecule has 1 amide bonds. The van der Waals surface area contributed by atoms with Crippen LogP contribution in [0.25, 0.3) is 16.7 Å². The van der Waals surface area contributed by atoms with Crippen LogP contribution in [0.2, 0.25) is 0 Å². The molecule has 0 aliphatic carbocycles. The van der Waals surface area contributed by atoms with Gasteiger partial charge in [-0.2, -0.15) is 0 Å². The van der Waals surface area contributed by atoms with Crippen molar-refractivity contribution in [3.05, 3.63) is 60.6 Å². The third kappa shape index (κ3) is 3.86. The van der Waals surface area contributed by atoms with Gasteiger partial charge in [-0.25, -0.2) is 9.97 Å². The fourth-order valence-corrected chi connectivity index (χ4v) is 4.36. The van der Waals surface area contributed by atoms with E-state index < -0.39 is 0 Å². The lowest BCUT2D eigenvalue weighted by Gasteiger charge is -2.34. The highest BCUT2D eigenvalue weighted by Gasteiger charge is 2.22. The van der Waals surface area contributed by atoms with Gasteiger partial charge in [0.25, 0.3) is 5.22 Å². The Morgan fingerprint density at radius 3 is 2.76 bits per heavy atom. The quantitative estimate of drug-likeness (QED) is 0.474. The van der Waals surface area contributed by atoms with E-state index in [4.69, 9.17) is 4.42 Å². The van der Waals surface area contributed by atoms with Crippen LogP contribution in [0, 0.1) is 0 Å². The number of para-hydroxylation sites is 2. The van der Waals surface area contributed by atoms with Gasteiger partial charge in [0, 0.05) is 38.9 Å². The molecule has 0 spiro atoms. The minimum atomic E-state index is 0.131. The molecule has 29 heavy (non-hydrogen) atoms. The van der Waals surface area contributed by atoms with Gasteiger partial charge in [0.1, 0.15) is 11.2 Å². The Kier molecular flexibility index (Phi) is 4.95. The average molecular weight is 407 g/mol. The summed E-state index contributed by atoms with van der Waals surface area (Å²) in [5, 5.41) is 0.547. The highest BCUT2D eigenvalue weighted by molar-refractivity contribution is 7.99. The first-order valence-corrected chi connectivity index (χ1v) is 10.6. The van der Waals surface area contributed by atoms with E-state index in [2.05, 4.69) is 19.3 Å². The van der Waals surface area contributed by atoms with Gasteiger partial charge >= 0.3 is 0 Å². The second-order valence-corrected chi connectivity index (χ2v) is 8.00. The monoisotopic (exact) mass is 407 g/mol. The Balaban J connectivity index is 1.13. The normalized spacial score (nSPS) is 15.4. The molecule has 148 valence electrons. The maximum atomic E-state index is 12.6. The number of thioether (sulfide) groups is 1. The Morgan fingerprint density at radius 2 is 1.90 bits per heavy atom. The number of hydrogen-bond acceptors (Lipinski definition) is 6. The van der Waals surface area contributed by atoms with E-state index in [0.717, 1.165) is 49.5 Å². The Bertz CT molecular complexity index is 1110. The second-order valence-electron chi connectivity index (χ2n) is 7.07. The summed E-state index contributed by atoms with van der Waals surface area (Å²) in [6.45, 7) is 4.04. The van der Waals surface area contributed by atoms with Crippen molar-refractivity contribution in [2.45, 2.75) is 11.8 Å². The lowest BCUT2D eigenvalue weighted by Crippen LogP contribution is -2.48. The molecule has 0 unspecified atom stereocenters. The van der Waals surface area contributed by atoms with Crippen LogP contribution in [0.4, 0.5) is 0 Å². The van der Waals surface area contributed by atoms with Crippen LogP contribution in [-0.4, -0.2) is 62.0 Å². The number of nitrogens with zero attached hydrogens (tertiary/aromatic N) is 5. The fourth-order valence-electron chi connectivity index (χ4n) is 3.61. The number of piperazine rings is 1. The predicted molar refractivity (Wildman–Crippen MR) is 112 cm³/mol. The highest BCUT2D eigenvalue weighted by atomic mass is 32.2. The molecule has 1 aromatic carbocycles. The number of hydrogen-bond donors (Lipinski definition) is 0. The molecule has 4 aromatic rings. The topological polar surface area (TPSA) is 66.9 Å². The minimum Gasteiger partial charge on any atom is -0.431 e. The number of imidazole rings is 1. The third-order valence-electron chi connectivity index (χ3n) is 5.20. The summed E-state index contributed by atoms with van der Waals surface area (Å²) in [7, 11) is 0. The van der Waals surface area contributed by atoms with E-state index in [9.17, 15) is 4.79 Å². The van der Waals surface area contributed by atoms with Gasteiger partial charge in [0.05, 0.1) is 17.6 Å². The van der Waals surface area contributed by atoms with E-state index in [0.29, 0.717) is 11.0 Å². The Morgan fingerprint density at radius 1 is 1.07 bits per heavy atom. The molecule has 3 aromatic heterocycles. The number of carbonyl (C=O) groups is 1. The van der Waals surface area contributed by atoms with Gasteiger partial charge in [0.15, 0.2) is 5.58 Å². The van der Waals surface area contributed by atoms with E-state index in [-0.39, 0.29) is 5.91 Å². The van der Waals surface area contributed by atoms with Crippen LogP contribution in [0.5, 0.6) is 0 Å². The van der Waals surface area contributed by atoms with Crippen molar-refractivity contribution < 1.29 is 9.21 Å². The van der Waals surface area contributed by atoms with Crippen molar-refractivity contribution in [1.29, 1.82) is 0 Å². The van der Waals surface area contributed by atoms with Crippen LogP contribution >= 0.6 is 11.8 Å². The number of fused-ring (bicyclic) bond motifs is 2. The summed E-state index contributed by atoms with van der Waals surface area (Å²) in [5.41, 5.74) is 3.71. The fraction of sp³-hybridized carbons (Fsp3) is 0.286. The molecule has 1 aliphatic heterocycles. The molecule has 0 saturated carbocycles. The summed E-state index contributed by atoms with van der Waals surface area (Å²) < 4.78 is 7.80. The molecule has 4 heterocycles. The highest BCUT2D eigenvalue weighted by Crippen LogP contribution is 2.23. The third-order valence-corrected chi connectivity index (χ3v) is 6.01. The van der Waals surface area contributed by atoms with Gasteiger partial charge < -0.3 is 13.7 Å². The standard InChI is InChI=1S/C21H21N5O2S/c27-20(15-29-21-23-17-5-1-2-6-18(17)28-21)25-11-9-24(10-12-25)14-16-13-22-19-7-3-4-8-26(16)19/h1-8,13H,9-12,14-15H2. The minimum absolute atomic E-state index is 0.131. The van der Waals surface area contributed by atoms with Crippen molar-refractivity contribution in [3.63, 3.8) is 0 Å². The molecule has 5 rings (SSSR count). The summed E-state index contributed by atoms with van der Waals surface area (Å²) in [5.74, 6) is 0.479. The summed E-state index contributed by atoms with van der Waals surface area (Å²) in [4.78, 5) is 25.8. The van der Waals surface area contributed by atoms with Crippen molar-refractivity contribution in [2.24, 2.45) is 0 Å². The first-order valence-electron chi connectivity index (χ1n) is 9.66. The predicted octanol–water partition coefficient (Wildman–Crippen LogP) is 2.91. The first kappa shape index (κ1) is 18.2. The second kappa shape index (κ2) is 7.88. The summed E-state index contributed by atoms with van der Waals surface area (Å²) >= 11 is 1.36. The number of aromatic nitrogens is 3. The molecule has 7 nitrogen and oxygen atoms in total. The molecule has 1 aliphatic rings. The molecule has 0 N–H and O–H groups in total. The van der Waals surface area contributed by atoms with Gasteiger partial charge in [-0.15, -0.1) is 0 Å². The van der Waals surface area contributed by atoms with Crippen LogP contribution in [0.15, 0.2) is 64.5 Å². The average Bonchev–Trinajstić information content (AvgIpc) is 3.36. The van der Waals surface area contributed by atoms with E-state index >= 15 is 0 Å². The zero-order valence-electron chi connectivity index (χ0n) is 15.9. The van der Waals surface area contributed by atoms with Crippen LogP contribution in [0.1, 0.15) is 5.69 Å². The molecule has 1 saturated heterocycles. The van der Waals surface area contributed by atoms with Crippen LogP contribution in [-0.2, 0) is 11.3 Å². The number of rotatable bonds is 5. The van der Waals surface area contributed by atoms with E-state index in [1.165, 1.54) is 17.5 Å². The largest absolute Gasteiger partial charge is 0.431 e. The molecule has 0 bridgehead atoms. The maximum absolute atomic E-state index is 12.6. The molecule has 0 atom stereocenters. The summed E-state index contributed by atoms with van der Waals surface area (Å²) in [6, 6.07) is 13.7. The van der Waals surface area contributed by atoms with Gasteiger partial charge in [0.2, 0.25) is 5.91 Å². The van der Waals surface area contributed by atoms with Crippen molar-refractivity contribution in [3.8, 4) is 0 Å². The van der Waals surface area contributed by atoms with E-state index in [1.54, 1.807) is 0 Å². The molecular weight excluding hydrogens is 386 g/mol. The Hall–Kier alpha value is -2.84. The van der Waals surface area contributed by atoms with Crippen molar-refractivity contribution >= 4 is 34.4 Å². The summed E-state index contributed by atoms with van der Waals surface area (Å²) in [6.07, 6.45) is 3.98.